The van der Waals surface area contributed by atoms with E-state index in [0.717, 1.165) is 34.9 Å². The largest absolute Gasteiger partial charge is 0.351 e. The summed E-state index contributed by atoms with van der Waals surface area (Å²) in [4.78, 5) is 37.2. The lowest BCUT2D eigenvalue weighted by molar-refractivity contribution is 0.0946. The second-order valence-corrected chi connectivity index (χ2v) is 9.73. The van der Waals surface area contributed by atoms with E-state index in [1.807, 2.05) is 19.4 Å². The molecule has 6 rings (SSSR count). The highest BCUT2D eigenvalue weighted by Crippen LogP contribution is 2.32. The summed E-state index contributed by atoms with van der Waals surface area (Å²) in [7, 11) is 1.86. The number of carbonyl (C=O) groups excluding carboxylic acids is 1. The maximum absolute atomic E-state index is 13.0. The zero-order chi connectivity index (χ0) is 23.2. The van der Waals surface area contributed by atoms with Gasteiger partial charge in [-0.15, -0.1) is 11.3 Å². The van der Waals surface area contributed by atoms with Gasteiger partial charge in [-0.05, 0) is 32.0 Å². The number of fused-ring (bicyclic) bond motifs is 5. The number of nitrogens with zero attached hydrogens (tertiary/aromatic N) is 6. The van der Waals surface area contributed by atoms with Crippen molar-refractivity contribution in [3.05, 3.63) is 46.8 Å². The fourth-order valence-corrected chi connectivity index (χ4v) is 5.63. The van der Waals surface area contributed by atoms with E-state index in [1.165, 1.54) is 30.6 Å². The van der Waals surface area contributed by atoms with Crippen LogP contribution in [0.4, 0.5) is 0 Å². The number of amides is 1. The standard InChI is InChI=1S/C23H24N8O2S/c1-29-12-15(11-26-29)17-13-31-23(34-17)18-20(28-31)19-16(27-22(18)33)9-14(10-25-19)21(32)24-5-8-30-6-3-2-4-7-30/h9-13H,2-8H2,1H3,(H,24,32)(H,27,33). The first kappa shape index (κ1) is 21.0. The third kappa shape index (κ3) is 3.66. The van der Waals surface area contributed by atoms with Gasteiger partial charge in [0.25, 0.3) is 11.5 Å². The van der Waals surface area contributed by atoms with Gasteiger partial charge in [0.15, 0.2) is 0 Å². The van der Waals surface area contributed by atoms with E-state index in [2.05, 4.69) is 30.4 Å². The third-order valence-electron chi connectivity index (χ3n) is 6.31. The van der Waals surface area contributed by atoms with Gasteiger partial charge in [0, 0.05) is 44.3 Å². The molecular formula is C23H24N8O2S. The summed E-state index contributed by atoms with van der Waals surface area (Å²) in [6, 6.07) is 1.67. The van der Waals surface area contributed by atoms with E-state index in [1.54, 1.807) is 27.7 Å². The van der Waals surface area contributed by atoms with Gasteiger partial charge in [0.05, 0.1) is 22.2 Å². The van der Waals surface area contributed by atoms with Crippen LogP contribution < -0.4 is 10.9 Å². The third-order valence-corrected chi connectivity index (χ3v) is 7.46. The van der Waals surface area contributed by atoms with Crippen LogP contribution in [-0.4, -0.2) is 66.3 Å². The summed E-state index contributed by atoms with van der Waals surface area (Å²) in [5, 5.41) is 12.3. The van der Waals surface area contributed by atoms with Gasteiger partial charge in [-0.3, -0.25) is 19.3 Å². The van der Waals surface area contributed by atoms with Crippen LogP contribution in [0.1, 0.15) is 29.6 Å². The lowest BCUT2D eigenvalue weighted by Crippen LogP contribution is -2.37. The molecule has 0 aromatic carbocycles. The molecular weight excluding hydrogens is 452 g/mol. The monoisotopic (exact) mass is 476 g/mol. The Hall–Kier alpha value is -3.57. The van der Waals surface area contributed by atoms with Crippen LogP contribution in [0.3, 0.4) is 0 Å². The number of pyridine rings is 2. The normalized spacial score (nSPS) is 15.0. The van der Waals surface area contributed by atoms with Crippen LogP contribution in [0.5, 0.6) is 0 Å². The van der Waals surface area contributed by atoms with Crippen molar-refractivity contribution in [1.29, 1.82) is 0 Å². The molecule has 1 saturated heterocycles. The van der Waals surface area contributed by atoms with Crippen molar-refractivity contribution in [1.82, 2.24) is 39.6 Å². The van der Waals surface area contributed by atoms with Gasteiger partial charge in [0.2, 0.25) is 0 Å². The zero-order valence-corrected chi connectivity index (χ0v) is 19.6. The molecule has 2 N–H and O–H groups in total. The molecule has 1 fully saturated rings. The molecule has 34 heavy (non-hydrogen) atoms. The van der Waals surface area contributed by atoms with Gasteiger partial charge >= 0.3 is 0 Å². The number of rotatable bonds is 5. The van der Waals surface area contributed by atoms with Crippen molar-refractivity contribution in [2.45, 2.75) is 19.3 Å². The van der Waals surface area contributed by atoms with Gasteiger partial charge in [-0.2, -0.15) is 10.2 Å². The maximum atomic E-state index is 13.0. The quantitative estimate of drug-likeness (QED) is 0.403. The average Bonchev–Trinajstić information content (AvgIpc) is 3.53. The lowest BCUT2D eigenvalue weighted by atomic mass is 10.1. The minimum absolute atomic E-state index is 0.195. The zero-order valence-electron chi connectivity index (χ0n) is 18.7. The first-order valence-corrected chi connectivity index (χ1v) is 12.2. The molecule has 0 radical (unpaired) electrons. The topological polar surface area (TPSA) is 113 Å². The van der Waals surface area contributed by atoms with Crippen molar-refractivity contribution < 1.29 is 4.79 Å². The molecule has 0 aliphatic carbocycles. The Morgan fingerprint density at radius 1 is 1.18 bits per heavy atom. The molecule has 1 aliphatic heterocycles. The number of carbonyl (C=O) groups is 1. The molecule has 5 aromatic heterocycles. The molecule has 0 saturated carbocycles. The molecule has 1 amide bonds. The van der Waals surface area contributed by atoms with Crippen molar-refractivity contribution in [3.63, 3.8) is 0 Å². The van der Waals surface area contributed by atoms with Gasteiger partial charge in [-0.25, -0.2) is 4.52 Å². The number of thiazole rings is 1. The predicted octanol–water partition coefficient (Wildman–Crippen LogP) is 2.40. The summed E-state index contributed by atoms with van der Waals surface area (Å²) in [5.41, 5.74) is 2.73. The predicted molar refractivity (Wildman–Crippen MR) is 131 cm³/mol. The number of hydrogen-bond donors (Lipinski definition) is 2. The smallest absolute Gasteiger partial charge is 0.261 e. The highest BCUT2D eigenvalue weighted by Gasteiger charge is 2.19. The number of H-pyrrole nitrogens is 1. The Balaban J connectivity index is 1.29. The van der Waals surface area contributed by atoms with Crippen LogP contribution >= 0.6 is 11.3 Å². The Bertz CT molecular complexity index is 1590. The maximum Gasteiger partial charge on any atom is 0.261 e. The summed E-state index contributed by atoms with van der Waals surface area (Å²) < 4.78 is 3.46. The summed E-state index contributed by atoms with van der Waals surface area (Å²) in [6.07, 6.45) is 10.9. The molecule has 10 nitrogen and oxygen atoms in total. The van der Waals surface area contributed by atoms with Crippen LogP contribution in [-0.2, 0) is 7.05 Å². The van der Waals surface area contributed by atoms with Crippen molar-refractivity contribution in [2.24, 2.45) is 7.05 Å². The second-order valence-electron chi connectivity index (χ2n) is 8.70. The SMILES string of the molecule is Cn1cc(-c2cn3nc4c5ncc(C(=O)NCCN6CCCCC6)cc5[nH]c(=O)c4c3s2)cn1. The summed E-state index contributed by atoms with van der Waals surface area (Å²) in [6.45, 7) is 3.62. The van der Waals surface area contributed by atoms with Crippen LogP contribution in [0.25, 0.3) is 37.2 Å². The van der Waals surface area contributed by atoms with E-state index in [9.17, 15) is 9.59 Å². The molecule has 0 bridgehead atoms. The molecule has 0 unspecified atom stereocenters. The summed E-state index contributed by atoms with van der Waals surface area (Å²) >= 11 is 1.48. The second kappa shape index (κ2) is 8.33. The number of aromatic nitrogens is 6. The van der Waals surface area contributed by atoms with E-state index in [4.69, 9.17) is 0 Å². The van der Waals surface area contributed by atoms with Gasteiger partial charge in [0.1, 0.15) is 21.3 Å². The fourth-order valence-electron chi connectivity index (χ4n) is 4.57. The highest BCUT2D eigenvalue weighted by atomic mass is 32.1. The first-order chi connectivity index (χ1) is 16.6. The number of likely N-dealkylation sites (tertiary alicyclic amines) is 1. The van der Waals surface area contributed by atoms with Gasteiger partial charge < -0.3 is 15.2 Å². The first-order valence-electron chi connectivity index (χ1n) is 11.4. The van der Waals surface area contributed by atoms with E-state index in [-0.39, 0.29) is 11.5 Å². The summed E-state index contributed by atoms with van der Waals surface area (Å²) in [5.74, 6) is -0.195. The Morgan fingerprint density at radius 3 is 2.82 bits per heavy atom. The Kier molecular flexibility index (Phi) is 5.15. The van der Waals surface area contributed by atoms with E-state index < -0.39 is 0 Å². The number of aromatic amines is 1. The van der Waals surface area contributed by atoms with Crippen LogP contribution in [0.15, 0.2) is 35.6 Å². The molecule has 0 spiro atoms. The van der Waals surface area contributed by atoms with Gasteiger partial charge in [-0.1, -0.05) is 6.42 Å². The number of hydrogen-bond acceptors (Lipinski definition) is 7. The van der Waals surface area contributed by atoms with E-state index >= 15 is 0 Å². The fraction of sp³-hybridized carbons (Fsp3) is 0.348. The highest BCUT2D eigenvalue weighted by molar-refractivity contribution is 7.21. The molecule has 174 valence electrons. The van der Waals surface area contributed by atoms with Crippen molar-refractivity contribution >= 4 is 44.0 Å². The minimum Gasteiger partial charge on any atom is -0.351 e. The van der Waals surface area contributed by atoms with Crippen molar-refractivity contribution in [3.8, 4) is 10.4 Å². The van der Waals surface area contributed by atoms with Crippen LogP contribution in [0.2, 0.25) is 0 Å². The lowest BCUT2D eigenvalue weighted by Gasteiger charge is -2.26. The Labute approximate surface area is 198 Å². The molecule has 6 heterocycles. The molecule has 1 aliphatic rings. The number of aryl methyl sites for hydroxylation is 1. The molecule has 0 atom stereocenters. The van der Waals surface area contributed by atoms with E-state index in [0.29, 0.717) is 34.0 Å². The molecule has 5 aromatic rings. The van der Waals surface area contributed by atoms with Crippen molar-refractivity contribution in [2.75, 3.05) is 26.2 Å². The average molecular weight is 477 g/mol. The minimum atomic E-state index is -0.249. The Morgan fingerprint density at radius 2 is 2.03 bits per heavy atom. The van der Waals surface area contributed by atoms with Crippen LogP contribution in [0, 0.1) is 0 Å². The number of piperidine rings is 1. The molecule has 11 heteroatoms. The number of nitrogens with one attached hydrogen (secondary N) is 2.